The van der Waals surface area contributed by atoms with Crippen molar-refractivity contribution in [3.8, 4) is 0 Å². The predicted octanol–water partition coefficient (Wildman–Crippen LogP) is 3.16. The first-order chi connectivity index (χ1) is 11.5. The van der Waals surface area contributed by atoms with Crippen LogP contribution < -0.4 is 4.90 Å². The van der Waals surface area contributed by atoms with Crippen LogP contribution in [-0.2, 0) is 11.2 Å². The fourth-order valence-corrected chi connectivity index (χ4v) is 2.93. The number of carbonyl (C=O) groups excluding carboxylic acids is 1. The van der Waals surface area contributed by atoms with Gasteiger partial charge in [0.2, 0.25) is 5.91 Å². The van der Waals surface area contributed by atoms with Gasteiger partial charge in [-0.2, -0.15) is 0 Å². The number of amides is 1. The molecule has 126 valence electrons. The topological polar surface area (TPSA) is 23.6 Å². The molecular formula is C19H20F2N2O. The minimum Gasteiger partial charge on any atom is -0.366 e. The smallest absolute Gasteiger partial charge is 0.227 e. The average Bonchev–Trinajstić information content (AvgIpc) is 2.57. The Morgan fingerprint density at radius 1 is 1.00 bits per heavy atom. The van der Waals surface area contributed by atoms with E-state index in [4.69, 9.17) is 0 Å². The Balaban J connectivity index is 1.58. The summed E-state index contributed by atoms with van der Waals surface area (Å²) >= 11 is 0. The number of anilines is 1. The normalized spacial score (nSPS) is 14.8. The van der Waals surface area contributed by atoms with Crippen molar-refractivity contribution in [2.75, 3.05) is 31.1 Å². The van der Waals surface area contributed by atoms with Crippen molar-refractivity contribution in [3.63, 3.8) is 0 Å². The van der Waals surface area contributed by atoms with Crippen LogP contribution in [0, 0.1) is 18.6 Å². The van der Waals surface area contributed by atoms with Gasteiger partial charge in [0.25, 0.3) is 0 Å². The largest absolute Gasteiger partial charge is 0.366 e. The van der Waals surface area contributed by atoms with E-state index in [1.807, 2.05) is 36.1 Å². The van der Waals surface area contributed by atoms with Gasteiger partial charge >= 0.3 is 0 Å². The van der Waals surface area contributed by atoms with Gasteiger partial charge < -0.3 is 9.80 Å². The molecule has 1 aliphatic rings. The molecule has 0 spiro atoms. The zero-order valence-electron chi connectivity index (χ0n) is 13.6. The molecule has 1 heterocycles. The molecule has 0 saturated carbocycles. The summed E-state index contributed by atoms with van der Waals surface area (Å²) in [7, 11) is 0. The van der Waals surface area contributed by atoms with E-state index in [-0.39, 0.29) is 5.91 Å². The molecule has 0 N–H and O–H groups in total. The Morgan fingerprint density at radius 3 is 2.29 bits per heavy atom. The second-order valence-corrected chi connectivity index (χ2v) is 6.13. The van der Waals surface area contributed by atoms with Crippen molar-refractivity contribution in [2.24, 2.45) is 0 Å². The van der Waals surface area contributed by atoms with E-state index in [1.165, 1.54) is 17.7 Å². The highest BCUT2D eigenvalue weighted by atomic mass is 19.1. The maximum Gasteiger partial charge on any atom is 0.227 e. The SMILES string of the molecule is Cc1ccc(CC(=O)N2CCN(c3ccc(F)cc3F)CC2)cc1. The number of carbonyl (C=O) groups is 1. The molecule has 0 radical (unpaired) electrons. The molecule has 0 unspecified atom stereocenters. The third-order valence-corrected chi connectivity index (χ3v) is 4.36. The van der Waals surface area contributed by atoms with Gasteiger partial charge in [-0.05, 0) is 24.6 Å². The molecule has 2 aromatic rings. The van der Waals surface area contributed by atoms with Crippen LogP contribution in [0.5, 0.6) is 0 Å². The van der Waals surface area contributed by atoms with E-state index >= 15 is 0 Å². The highest BCUT2D eigenvalue weighted by Gasteiger charge is 2.23. The number of benzene rings is 2. The van der Waals surface area contributed by atoms with Gasteiger partial charge in [-0.25, -0.2) is 8.78 Å². The molecule has 1 fully saturated rings. The summed E-state index contributed by atoms with van der Waals surface area (Å²) in [5.74, 6) is -1.06. The lowest BCUT2D eigenvalue weighted by atomic mass is 10.1. The van der Waals surface area contributed by atoms with Gasteiger partial charge in [-0.3, -0.25) is 4.79 Å². The van der Waals surface area contributed by atoms with E-state index < -0.39 is 11.6 Å². The van der Waals surface area contributed by atoms with Crippen LogP contribution in [0.3, 0.4) is 0 Å². The highest BCUT2D eigenvalue weighted by molar-refractivity contribution is 5.79. The van der Waals surface area contributed by atoms with Gasteiger partial charge in [-0.1, -0.05) is 29.8 Å². The third kappa shape index (κ3) is 3.72. The molecule has 1 aliphatic heterocycles. The van der Waals surface area contributed by atoms with Crippen molar-refractivity contribution in [2.45, 2.75) is 13.3 Å². The summed E-state index contributed by atoms with van der Waals surface area (Å²) in [6, 6.07) is 11.5. The third-order valence-electron chi connectivity index (χ3n) is 4.36. The fourth-order valence-electron chi connectivity index (χ4n) is 2.93. The molecule has 24 heavy (non-hydrogen) atoms. The van der Waals surface area contributed by atoms with E-state index in [9.17, 15) is 13.6 Å². The zero-order valence-corrected chi connectivity index (χ0v) is 13.6. The first-order valence-corrected chi connectivity index (χ1v) is 8.06. The molecule has 5 heteroatoms. The summed E-state index contributed by atoms with van der Waals surface area (Å²) in [6.45, 7) is 4.19. The first-order valence-electron chi connectivity index (χ1n) is 8.06. The highest BCUT2D eigenvalue weighted by Crippen LogP contribution is 2.21. The van der Waals surface area contributed by atoms with E-state index in [2.05, 4.69) is 0 Å². The summed E-state index contributed by atoms with van der Waals surface area (Å²) in [4.78, 5) is 16.0. The van der Waals surface area contributed by atoms with Gasteiger partial charge in [0, 0.05) is 32.2 Å². The Morgan fingerprint density at radius 2 is 1.67 bits per heavy atom. The number of aryl methyl sites for hydroxylation is 1. The minimum atomic E-state index is -0.580. The Labute approximate surface area is 140 Å². The molecule has 3 rings (SSSR count). The Hall–Kier alpha value is -2.43. The van der Waals surface area contributed by atoms with Crippen LogP contribution in [0.4, 0.5) is 14.5 Å². The van der Waals surface area contributed by atoms with E-state index in [0.717, 1.165) is 11.6 Å². The van der Waals surface area contributed by atoms with Crippen molar-refractivity contribution in [1.82, 2.24) is 4.90 Å². The quantitative estimate of drug-likeness (QED) is 0.863. The van der Waals surface area contributed by atoms with Gasteiger partial charge in [0.15, 0.2) is 0 Å². The number of piperazine rings is 1. The van der Waals surface area contributed by atoms with Crippen LogP contribution in [0.1, 0.15) is 11.1 Å². The van der Waals surface area contributed by atoms with Crippen LogP contribution in [0.25, 0.3) is 0 Å². The fraction of sp³-hybridized carbons (Fsp3) is 0.316. The lowest BCUT2D eigenvalue weighted by molar-refractivity contribution is -0.130. The summed E-state index contributed by atoms with van der Waals surface area (Å²) < 4.78 is 26.9. The lowest BCUT2D eigenvalue weighted by Crippen LogP contribution is -2.49. The maximum atomic E-state index is 13.8. The number of nitrogens with zero attached hydrogens (tertiary/aromatic N) is 2. The molecular weight excluding hydrogens is 310 g/mol. The van der Waals surface area contributed by atoms with Gasteiger partial charge in [-0.15, -0.1) is 0 Å². The Bertz CT molecular complexity index is 723. The second-order valence-electron chi connectivity index (χ2n) is 6.13. The van der Waals surface area contributed by atoms with Crippen LogP contribution in [0.15, 0.2) is 42.5 Å². The van der Waals surface area contributed by atoms with Crippen LogP contribution in [0.2, 0.25) is 0 Å². The second kappa shape index (κ2) is 6.99. The van der Waals surface area contributed by atoms with Crippen molar-refractivity contribution in [1.29, 1.82) is 0 Å². The first kappa shape index (κ1) is 16.4. The van der Waals surface area contributed by atoms with Crippen LogP contribution >= 0.6 is 0 Å². The van der Waals surface area contributed by atoms with Gasteiger partial charge in [0.05, 0.1) is 12.1 Å². The standard InChI is InChI=1S/C19H20F2N2O/c1-14-2-4-15(5-3-14)12-19(24)23-10-8-22(9-11-23)18-7-6-16(20)13-17(18)21/h2-7,13H,8-12H2,1H3. The molecule has 0 aromatic heterocycles. The number of hydrogen-bond donors (Lipinski definition) is 0. The summed E-state index contributed by atoms with van der Waals surface area (Å²) in [5.41, 5.74) is 2.56. The van der Waals surface area contributed by atoms with Crippen molar-refractivity contribution in [3.05, 3.63) is 65.2 Å². The maximum absolute atomic E-state index is 13.8. The average molecular weight is 330 g/mol. The van der Waals surface area contributed by atoms with E-state index in [1.54, 1.807) is 4.90 Å². The molecule has 0 bridgehead atoms. The number of rotatable bonds is 3. The molecule has 2 aromatic carbocycles. The molecule has 1 amide bonds. The molecule has 0 atom stereocenters. The van der Waals surface area contributed by atoms with Crippen molar-refractivity contribution < 1.29 is 13.6 Å². The summed E-state index contributed by atoms with van der Waals surface area (Å²) in [5, 5.41) is 0. The molecule has 3 nitrogen and oxygen atoms in total. The number of hydrogen-bond acceptors (Lipinski definition) is 2. The minimum absolute atomic E-state index is 0.0816. The van der Waals surface area contributed by atoms with Crippen LogP contribution in [-0.4, -0.2) is 37.0 Å². The van der Waals surface area contributed by atoms with Gasteiger partial charge in [0.1, 0.15) is 11.6 Å². The Kier molecular flexibility index (Phi) is 4.79. The van der Waals surface area contributed by atoms with Crippen molar-refractivity contribution >= 4 is 11.6 Å². The monoisotopic (exact) mass is 330 g/mol. The predicted molar refractivity (Wildman–Crippen MR) is 90.0 cm³/mol. The number of halogens is 2. The zero-order chi connectivity index (χ0) is 17.1. The molecule has 0 aliphatic carbocycles. The molecule has 1 saturated heterocycles. The summed E-state index contributed by atoms with van der Waals surface area (Å²) in [6.07, 6.45) is 0.380. The lowest BCUT2D eigenvalue weighted by Gasteiger charge is -2.36. The van der Waals surface area contributed by atoms with E-state index in [0.29, 0.717) is 38.3 Å².